The summed E-state index contributed by atoms with van der Waals surface area (Å²) < 4.78 is 19.4. The molecule has 0 bridgehead atoms. The van der Waals surface area contributed by atoms with Crippen molar-refractivity contribution in [2.24, 2.45) is 0 Å². The number of hydrogen-bond acceptors (Lipinski definition) is 6. The first-order chi connectivity index (χ1) is 15.5. The number of nitrogens with zero attached hydrogens (tertiary/aromatic N) is 2. The van der Waals surface area contributed by atoms with Crippen LogP contribution in [0, 0.1) is 5.82 Å². The van der Waals surface area contributed by atoms with Gasteiger partial charge in [-0.2, -0.15) is 0 Å². The van der Waals surface area contributed by atoms with Crippen molar-refractivity contribution in [2.75, 3.05) is 31.4 Å². The van der Waals surface area contributed by atoms with Gasteiger partial charge in [-0.25, -0.2) is 9.37 Å². The van der Waals surface area contributed by atoms with E-state index in [-0.39, 0.29) is 11.2 Å². The molecule has 162 valence electrons. The van der Waals surface area contributed by atoms with Crippen molar-refractivity contribution < 1.29 is 9.13 Å². The number of benzene rings is 1. The van der Waals surface area contributed by atoms with Gasteiger partial charge in [-0.1, -0.05) is 6.08 Å². The van der Waals surface area contributed by atoms with Crippen LogP contribution in [-0.4, -0.2) is 36.4 Å². The predicted molar refractivity (Wildman–Crippen MR) is 126 cm³/mol. The van der Waals surface area contributed by atoms with Crippen LogP contribution in [-0.2, 0) is 0 Å². The van der Waals surface area contributed by atoms with E-state index in [1.165, 1.54) is 23.9 Å². The minimum Gasteiger partial charge on any atom is -0.496 e. The molecule has 1 aliphatic rings. The Labute approximate surface area is 187 Å². The van der Waals surface area contributed by atoms with Gasteiger partial charge < -0.3 is 14.6 Å². The zero-order chi connectivity index (χ0) is 22.4. The fourth-order valence-corrected chi connectivity index (χ4v) is 4.97. The molecule has 0 fully saturated rings. The van der Waals surface area contributed by atoms with E-state index in [1.807, 2.05) is 23.3 Å². The Hall–Kier alpha value is -3.39. The van der Waals surface area contributed by atoms with Crippen LogP contribution >= 0.6 is 11.8 Å². The first-order valence-corrected chi connectivity index (χ1v) is 11.4. The zero-order valence-electron chi connectivity index (χ0n) is 17.6. The van der Waals surface area contributed by atoms with E-state index < -0.39 is 5.43 Å². The Balaban J connectivity index is 1.50. The molecule has 1 aliphatic heterocycles. The molecular formula is C24H20FN3O3S. The summed E-state index contributed by atoms with van der Waals surface area (Å²) >= 11 is 1.32. The van der Waals surface area contributed by atoms with E-state index in [1.54, 1.807) is 19.4 Å². The fourth-order valence-electron chi connectivity index (χ4n) is 4.28. The highest BCUT2D eigenvalue weighted by Gasteiger charge is 2.27. The van der Waals surface area contributed by atoms with Gasteiger partial charge in [-0.05, 0) is 54.1 Å². The molecule has 0 aliphatic carbocycles. The third-order valence-corrected chi connectivity index (χ3v) is 6.69. The monoisotopic (exact) mass is 449 g/mol. The van der Waals surface area contributed by atoms with Gasteiger partial charge in [-0.15, -0.1) is 11.8 Å². The lowest BCUT2D eigenvalue weighted by molar-refractivity contribution is 0.415. The Bertz CT molecular complexity index is 1450. The third-order valence-electron chi connectivity index (χ3n) is 5.90. The summed E-state index contributed by atoms with van der Waals surface area (Å²) in [5.41, 5.74) is 4.01. The lowest BCUT2D eigenvalue weighted by atomic mass is 10.0. The minimum absolute atomic E-state index is 0.334. The summed E-state index contributed by atoms with van der Waals surface area (Å²) in [4.78, 5) is 34.1. The number of ether oxygens (including phenoxy) is 1. The molecule has 0 saturated heterocycles. The lowest BCUT2D eigenvalue weighted by Gasteiger charge is -2.29. The second kappa shape index (κ2) is 7.94. The van der Waals surface area contributed by atoms with Crippen molar-refractivity contribution >= 4 is 34.1 Å². The number of methoxy groups -OCH3 is 1. The smallest absolute Gasteiger partial charge is 0.251 e. The molecular weight excluding hydrogens is 429 g/mol. The van der Waals surface area contributed by atoms with Gasteiger partial charge in [0.15, 0.2) is 0 Å². The molecule has 2 aromatic heterocycles. The third kappa shape index (κ3) is 3.22. The standard InChI is InChI=1S/C24H20FN3O3S/c1-31-19-4-3-14(25)11-16(19)15-5-8-26-24-17(15)12-18(27-24)13-6-9-28(10-7-13)20-21(29)22(30)23(20)32-2/h3-6,8,11-12H,7,9-10H2,1-2H3,(H,26,27). The molecule has 5 rings (SSSR count). The SMILES string of the molecule is COc1ccc(F)cc1-c1ccnc2[nH]c(C3=CCN(c4c(SC)c(=O)c4=O)CC3)cc12. The van der Waals surface area contributed by atoms with Crippen molar-refractivity contribution in [2.45, 2.75) is 11.3 Å². The second-order valence-electron chi connectivity index (χ2n) is 7.61. The molecule has 4 aromatic rings. The van der Waals surface area contributed by atoms with Crippen LogP contribution in [0.1, 0.15) is 12.1 Å². The Morgan fingerprint density at radius 1 is 1.16 bits per heavy atom. The van der Waals surface area contributed by atoms with Gasteiger partial charge in [0, 0.05) is 35.9 Å². The lowest BCUT2D eigenvalue weighted by Crippen LogP contribution is -2.43. The number of rotatable bonds is 5. The molecule has 3 heterocycles. The van der Waals surface area contributed by atoms with E-state index in [2.05, 4.69) is 16.0 Å². The maximum absolute atomic E-state index is 14.0. The van der Waals surface area contributed by atoms with Crippen LogP contribution in [0.15, 0.2) is 57.1 Å². The van der Waals surface area contributed by atoms with Crippen molar-refractivity contribution in [1.82, 2.24) is 9.97 Å². The fraction of sp³-hybridized carbons (Fsp3) is 0.208. The first-order valence-electron chi connectivity index (χ1n) is 10.1. The zero-order valence-corrected chi connectivity index (χ0v) is 18.4. The molecule has 0 spiro atoms. The van der Waals surface area contributed by atoms with Gasteiger partial charge in [-0.3, -0.25) is 9.59 Å². The van der Waals surface area contributed by atoms with E-state index in [0.29, 0.717) is 40.6 Å². The average molecular weight is 450 g/mol. The van der Waals surface area contributed by atoms with Crippen LogP contribution < -0.4 is 20.5 Å². The average Bonchev–Trinajstić information content (AvgIpc) is 3.26. The first kappa shape index (κ1) is 20.5. The molecule has 2 aromatic carbocycles. The van der Waals surface area contributed by atoms with Crippen LogP contribution in [0.3, 0.4) is 0 Å². The number of thioether (sulfide) groups is 1. The van der Waals surface area contributed by atoms with Crippen LogP contribution in [0.25, 0.3) is 27.7 Å². The molecule has 0 saturated carbocycles. The molecule has 0 atom stereocenters. The van der Waals surface area contributed by atoms with E-state index in [9.17, 15) is 14.0 Å². The minimum atomic E-state index is -0.394. The molecule has 6 nitrogen and oxygen atoms in total. The Morgan fingerprint density at radius 2 is 2.00 bits per heavy atom. The summed E-state index contributed by atoms with van der Waals surface area (Å²) in [7, 11) is 1.56. The van der Waals surface area contributed by atoms with Crippen molar-refractivity contribution in [3.63, 3.8) is 0 Å². The molecule has 0 radical (unpaired) electrons. The Morgan fingerprint density at radius 3 is 2.72 bits per heavy atom. The number of hydrogen-bond donors (Lipinski definition) is 1. The van der Waals surface area contributed by atoms with Gasteiger partial charge >= 0.3 is 0 Å². The van der Waals surface area contributed by atoms with Crippen LogP contribution in [0.4, 0.5) is 10.1 Å². The quantitative estimate of drug-likeness (QED) is 0.367. The second-order valence-corrected chi connectivity index (χ2v) is 8.43. The number of halogens is 1. The summed E-state index contributed by atoms with van der Waals surface area (Å²) in [6.07, 6.45) is 6.29. The number of pyridine rings is 1. The maximum Gasteiger partial charge on any atom is 0.251 e. The van der Waals surface area contributed by atoms with Gasteiger partial charge in [0.2, 0.25) is 5.43 Å². The number of aromatic amines is 1. The van der Waals surface area contributed by atoms with Gasteiger partial charge in [0.25, 0.3) is 5.43 Å². The van der Waals surface area contributed by atoms with Crippen molar-refractivity contribution in [1.29, 1.82) is 0 Å². The number of fused-ring (bicyclic) bond motifs is 1. The van der Waals surface area contributed by atoms with Gasteiger partial charge in [0.05, 0.1) is 12.0 Å². The number of nitrogens with one attached hydrogen (secondary N) is 1. The summed E-state index contributed by atoms with van der Waals surface area (Å²) in [5.74, 6) is 0.256. The molecule has 1 N–H and O–H groups in total. The molecule has 8 heteroatoms. The highest BCUT2D eigenvalue weighted by Crippen LogP contribution is 2.37. The van der Waals surface area contributed by atoms with Crippen LogP contribution in [0.5, 0.6) is 5.75 Å². The largest absolute Gasteiger partial charge is 0.496 e. The highest BCUT2D eigenvalue weighted by atomic mass is 32.2. The van der Waals surface area contributed by atoms with Crippen molar-refractivity contribution in [3.05, 3.63) is 74.6 Å². The number of H-pyrrole nitrogens is 1. The summed E-state index contributed by atoms with van der Waals surface area (Å²) in [5, 5.41) is 0.877. The van der Waals surface area contributed by atoms with E-state index in [0.717, 1.165) is 28.6 Å². The Kier molecular flexibility index (Phi) is 5.09. The number of aromatic nitrogens is 2. The van der Waals surface area contributed by atoms with E-state index in [4.69, 9.17) is 4.74 Å². The maximum atomic E-state index is 14.0. The normalized spacial score (nSPS) is 14.2. The number of anilines is 1. The molecule has 32 heavy (non-hydrogen) atoms. The molecule has 0 amide bonds. The molecule has 0 unspecified atom stereocenters. The topological polar surface area (TPSA) is 75.3 Å². The predicted octanol–water partition coefficient (Wildman–Crippen LogP) is 3.99. The highest BCUT2D eigenvalue weighted by molar-refractivity contribution is 7.98. The van der Waals surface area contributed by atoms with Crippen LogP contribution in [0.2, 0.25) is 0 Å². The summed E-state index contributed by atoms with van der Waals surface area (Å²) in [6.45, 7) is 1.21. The van der Waals surface area contributed by atoms with E-state index >= 15 is 0 Å². The van der Waals surface area contributed by atoms with Gasteiger partial charge in [0.1, 0.15) is 22.9 Å². The summed E-state index contributed by atoms with van der Waals surface area (Å²) in [6, 6.07) is 8.33. The van der Waals surface area contributed by atoms with Crippen molar-refractivity contribution in [3.8, 4) is 16.9 Å².